The van der Waals surface area contributed by atoms with Crippen molar-refractivity contribution in [2.24, 2.45) is 0 Å². The fourth-order valence-corrected chi connectivity index (χ4v) is 2.94. The van der Waals surface area contributed by atoms with Gasteiger partial charge in [0.05, 0.1) is 5.56 Å². The number of halogens is 3. The summed E-state index contributed by atoms with van der Waals surface area (Å²) in [5.74, 6) is -7.93. The number of nitrogens with one attached hydrogen (secondary N) is 1. The van der Waals surface area contributed by atoms with Gasteiger partial charge < -0.3 is 15.3 Å². The van der Waals surface area contributed by atoms with Crippen LogP contribution < -0.4 is 5.32 Å². The van der Waals surface area contributed by atoms with Gasteiger partial charge in [-0.05, 0) is 25.0 Å². The molecule has 142 valence electrons. The third-order valence-electron chi connectivity index (χ3n) is 4.47. The first-order chi connectivity index (χ1) is 12.8. The summed E-state index contributed by atoms with van der Waals surface area (Å²) in [6.45, 7) is 2.71. The Kier molecular flexibility index (Phi) is 5.07. The van der Waals surface area contributed by atoms with E-state index in [1.807, 2.05) is 31.2 Å². The van der Waals surface area contributed by atoms with Gasteiger partial charge in [0, 0.05) is 13.1 Å². The normalized spacial score (nSPS) is 16.7. The second-order valence-corrected chi connectivity index (χ2v) is 6.44. The highest BCUT2D eigenvalue weighted by Gasteiger charge is 2.34. The van der Waals surface area contributed by atoms with Gasteiger partial charge in [-0.15, -0.1) is 0 Å². The molecule has 0 aromatic heterocycles. The summed E-state index contributed by atoms with van der Waals surface area (Å²) in [4.78, 5) is 26.2. The first-order valence-corrected chi connectivity index (χ1v) is 8.29. The van der Waals surface area contributed by atoms with Crippen molar-refractivity contribution in [1.29, 1.82) is 0 Å². The number of carbonyl (C=O) groups excluding carboxylic acids is 2. The van der Waals surface area contributed by atoms with E-state index >= 15 is 0 Å². The summed E-state index contributed by atoms with van der Waals surface area (Å²) < 4.78 is 40.3. The molecule has 1 fully saturated rings. The Hall–Kier alpha value is -3.03. The van der Waals surface area contributed by atoms with Crippen molar-refractivity contribution in [3.05, 3.63) is 64.5 Å². The van der Waals surface area contributed by atoms with E-state index in [2.05, 4.69) is 5.32 Å². The molecule has 27 heavy (non-hydrogen) atoms. The predicted molar refractivity (Wildman–Crippen MR) is 90.4 cm³/mol. The van der Waals surface area contributed by atoms with Gasteiger partial charge in [-0.1, -0.05) is 29.8 Å². The van der Waals surface area contributed by atoms with Crippen LogP contribution in [0.15, 0.2) is 30.3 Å². The molecule has 0 aliphatic carbocycles. The highest BCUT2D eigenvalue weighted by molar-refractivity contribution is 5.98. The number of hydrogen-bond donors (Lipinski definition) is 2. The number of amides is 2. The molecule has 2 aromatic carbocycles. The lowest BCUT2D eigenvalue weighted by Crippen LogP contribution is -2.41. The van der Waals surface area contributed by atoms with Crippen molar-refractivity contribution in [2.75, 3.05) is 6.54 Å². The zero-order valence-corrected chi connectivity index (χ0v) is 14.4. The van der Waals surface area contributed by atoms with Crippen LogP contribution in [0.5, 0.6) is 5.75 Å². The molecular weight excluding hydrogens is 361 g/mol. The standard InChI is InChI=1S/C19H17F3N2O3/c1-10-2-4-11(5-3-10)9-24-7-6-14(19(24)27)23-18(26)12-8-13(20)16(22)17(25)15(12)21/h2-5,8,14,25H,6-7,9H2,1H3,(H,23,26)/t14-/m1/s1. The molecule has 1 aliphatic rings. The summed E-state index contributed by atoms with van der Waals surface area (Å²) >= 11 is 0. The number of aryl methyl sites for hydroxylation is 1. The smallest absolute Gasteiger partial charge is 0.255 e. The Morgan fingerprint density at radius 2 is 1.89 bits per heavy atom. The van der Waals surface area contributed by atoms with E-state index in [-0.39, 0.29) is 5.91 Å². The summed E-state index contributed by atoms with van der Waals surface area (Å²) in [5, 5.41) is 11.5. The maximum atomic E-state index is 13.8. The van der Waals surface area contributed by atoms with E-state index in [0.717, 1.165) is 11.1 Å². The molecule has 0 unspecified atom stereocenters. The number of rotatable bonds is 4. The third-order valence-corrected chi connectivity index (χ3v) is 4.47. The highest BCUT2D eigenvalue weighted by Crippen LogP contribution is 2.26. The topological polar surface area (TPSA) is 69.6 Å². The molecule has 2 N–H and O–H groups in total. The Labute approximate surface area is 153 Å². The number of aromatic hydroxyl groups is 1. The van der Waals surface area contributed by atoms with Crippen LogP contribution in [0, 0.1) is 24.4 Å². The highest BCUT2D eigenvalue weighted by atomic mass is 19.2. The van der Waals surface area contributed by atoms with Crippen LogP contribution in [-0.4, -0.2) is 34.4 Å². The summed E-state index contributed by atoms with van der Waals surface area (Å²) in [6.07, 6.45) is 0.299. The molecule has 1 atom stereocenters. The molecule has 0 saturated carbocycles. The number of likely N-dealkylation sites (tertiary alicyclic amines) is 1. The van der Waals surface area contributed by atoms with Crippen molar-refractivity contribution in [1.82, 2.24) is 10.2 Å². The molecule has 1 aliphatic heterocycles. The minimum Gasteiger partial charge on any atom is -0.503 e. The average molecular weight is 378 g/mol. The SMILES string of the molecule is Cc1ccc(CN2CC[C@@H](NC(=O)c3cc(F)c(F)c(O)c3F)C2=O)cc1. The van der Waals surface area contributed by atoms with Crippen molar-refractivity contribution in [2.45, 2.75) is 25.9 Å². The van der Waals surface area contributed by atoms with E-state index in [9.17, 15) is 27.9 Å². The fourth-order valence-electron chi connectivity index (χ4n) is 2.94. The van der Waals surface area contributed by atoms with E-state index < -0.39 is 40.7 Å². The van der Waals surface area contributed by atoms with E-state index in [4.69, 9.17) is 0 Å². The van der Waals surface area contributed by atoms with Gasteiger partial charge in [0.25, 0.3) is 5.91 Å². The van der Waals surface area contributed by atoms with Crippen molar-refractivity contribution >= 4 is 11.8 Å². The van der Waals surface area contributed by atoms with Crippen molar-refractivity contribution < 1.29 is 27.9 Å². The lowest BCUT2D eigenvalue weighted by Gasteiger charge is -2.17. The number of carbonyl (C=O) groups is 2. The maximum absolute atomic E-state index is 13.8. The van der Waals surface area contributed by atoms with E-state index in [1.165, 1.54) is 0 Å². The van der Waals surface area contributed by atoms with E-state index in [0.29, 0.717) is 25.6 Å². The molecule has 8 heteroatoms. The number of phenols is 1. The van der Waals surface area contributed by atoms with E-state index in [1.54, 1.807) is 4.90 Å². The minimum absolute atomic E-state index is 0.299. The lowest BCUT2D eigenvalue weighted by molar-refractivity contribution is -0.129. The summed E-state index contributed by atoms with van der Waals surface area (Å²) in [7, 11) is 0. The quantitative estimate of drug-likeness (QED) is 0.804. The second-order valence-electron chi connectivity index (χ2n) is 6.44. The van der Waals surface area contributed by atoms with Crippen LogP contribution >= 0.6 is 0 Å². The van der Waals surface area contributed by atoms with Gasteiger partial charge in [0.1, 0.15) is 6.04 Å². The van der Waals surface area contributed by atoms with Gasteiger partial charge in [-0.3, -0.25) is 9.59 Å². The van der Waals surface area contributed by atoms with Crippen LogP contribution in [0.25, 0.3) is 0 Å². The van der Waals surface area contributed by atoms with Crippen LogP contribution in [0.2, 0.25) is 0 Å². The van der Waals surface area contributed by atoms with Crippen LogP contribution in [0.4, 0.5) is 13.2 Å². The van der Waals surface area contributed by atoms with Gasteiger partial charge in [-0.2, -0.15) is 4.39 Å². The largest absolute Gasteiger partial charge is 0.503 e. The molecule has 1 saturated heterocycles. The molecule has 2 amide bonds. The molecule has 0 bridgehead atoms. The van der Waals surface area contributed by atoms with Crippen LogP contribution in [0.3, 0.4) is 0 Å². The first-order valence-electron chi connectivity index (χ1n) is 8.29. The predicted octanol–water partition coefficient (Wildman–Crippen LogP) is 2.65. The van der Waals surface area contributed by atoms with Crippen LogP contribution in [0.1, 0.15) is 27.9 Å². The molecule has 0 spiro atoms. The van der Waals surface area contributed by atoms with Crippen molar-refractivity contribution in [3.8, 4) is 5.75 Å². The Bertz CT molecular complexity index is 900. The van der Waals surface area contributed by atoms with Crippen molar-refractivity contribution in [3.63, 3.8) is 0 Å². The van der Waals surface area contributed by atoms with Gasteiger partial charge >= 0.3 is 0 Å². The van der Waals surface area contributed by atoms with Crippen LogP contribution in [-0.2, 0) is 11.3 Å². The molecule has 0 radical (unpaired) electrons. The number of benzene rings is 2. The third kappa shape index (κ3) is 3.74. The summed E-state index contributed by atoms with van der Waals surface area (Å²) in [5.41, 5.74) is 1.15. The first kappa shape index (κ1) is 18.8. The monoisotopic (exact) mass is 378 g/mol. The maximum Gasteiger partial charge on any atom is 0.255 e. The van der Waals surface area contributed by atoms with Gasteiger partial charge in [0.2, 0.25) is 11.7 Å². The zero-order valence-electron chi connectivity index (χ0n) is 14.4. The fraction of sp³-hybridized carbons (Fsp3) is 0.263. The van der Waals surface area contributed by atoms with Gasteiger partial charge in [-0.25, -0.2) is 8.78 Å². The second kappa shape index (κ2) is 7.30. The Morgan fingerprint density at radius 1 is 1.22 bits per heavy atom. The Balaban J connectivity index is 1.69. The zero-order chi connectivity index (χ0) is 19.7. The number of hydrogen-bond acceptors (Lipinski definition) is 3. The molecule has 5 nitrogen and oxygen atoms in total. The molecule has 3 rings (SSSR count). The molecular formula is C19H17F3N2O3. The number of phenolic OH excluding ortho intramolecular Hbond substituents is 1. The lowest BCUT2D eigenvalue weighted by atomic mass is 10.1. The molecule has 2 aromatic rings. The Morgan fingerprint density at radius 3 is 2.56 bits per heavy atom. The minimum atomic E-state index is -1.77. The molecule has 1 heterocycles. The van der Waals surface area contributed by atoms with Gasteiger partial charge in [0.15, 0.2) is 17.4 Å². The average Bonchev–Trinajstić information content (AvgIpc) is 2.98. The number of nitrogens with zero attached hydrogens (tertiary/aromatic N) is 1. The summed E-state index contributed by atoms with van der Waals surface area (Å²) in [6, 6.07) is 7.09.